The molecule has 0 amide bonds. The van der Waals surface area contributed by atoms with Gasteiger partial charge in [-0.25, -0.2) is 14.3 Å². The Morgan fingerprint density at radius 3 is 2.93 bits per heavy atom. The van der Waals surface area contributed by atoms with Crippen molar-refractivity contribution in [3.63, 3.8) is 0 Å². The van der Waals surface area contributed by atoms with Crippen LogP contribution in [0.1, 0.15) is 5.69 Å². The first-order valence-corrected chi connectivity index (χ1v) is 5.47. The molecular formula is C9H9N5S. The largest absolute Gasteiger partial charge is 0.392 e. The van der Waals surface area contributed by atoms with Gasteiger partial charge in [0.15, 0.2) is 5.65 Å². The van der Waals surface area contributed by atoms with Crippen molar-refractivity contribution < 1.29 is 0 Å². The fraction of sp³-hybridized carbons (Fsp3) is 0.222. The van der Waals surface area contributed by atoms with Gasteiger partial charge in [0.25, 0.3) is 5.69 Å². The van der Waals surface area contributed by atoms with Gasteiger partial charge in [-0.05, 0) is 13.2 Å². The molecule has 5 nitrogen and oxygen atoms in total. The SMILES string of the molecule is [C-]#[N+]c1c(SC)nc2cc(C)nn2c1N. The third-order valence-corrected chi connectivity index (χ3v) is 2.68. The van der Waals surface area contributed by atoms with Crippen LogP contribution in [0.25, 0.3) is 10.5 Å². The molecule has 0 saturated carbocycles. The van der Waals surface area contributed by atoms with Gasteiger partial charge in [-0.1, -0.05) is 0 Å². The Morgan fingerprint density at radius 1 is 1.60 bits per heavy atom. The molecular weight excluding hydrogens is 210 g/mol. The Labute approximate surface area is 91.1 Å². The highest BCUT2D eigenvalue weighted by Gasteiger charge is 2.13. The molecule has 2 rings (SSSR count). The fourth-order valence-corrected chi connectivity index (χ4v) is 1.89. The average molecular weight is 219 g/mol. The molecule has 0 aromatic carbocycles. The van der Waals surface area contributed by atoms with Crippen molar-refractivity contribution in [1.82, 2.24) is 14.6 Å². The molecule has 0 atom stereocenters. The second-order valence-corrected chi connectivity index (χ2v) is 3.82. The van der Waals surface area contributed by atoms with E-state index < -0.39 is 0 Å². The molecule has 0 aliphatic carbocycles. The van der Waals surface area contributed by atoms with Crippen LogP contribution in [-0.4, -0.2) is 20.9 Å². The summed E-state index contributed by atoms with van der Waals surface area (Å²) in [6.07, 6.45) is 1.87. The third-order valence-electron chi connectivity index (χ3n) is 2.01. The minimum atomic E-state index is 0.354. The molecule has 0 fully saturated rings. The van der Waals surface area contributed by atoms with Crippen LogP contribution < -0.4 is 5.73 Å². The molecule has 0 saturated heterocycles. The number of anilines is 1. The smallest absolute Gasteiger partial charge is 0.259 e. The summed E-state index contributed by atoms with van der Waals surface area (Å²) in [5.74, 6) is 0.354. The summed E-state index contributed by atoms with van der Waals surface area (Å²) < 4.78 is 1.50. The zero-order valence-corrected chi connectivity index (χ0v) is 9.17. The minimum absolute atomic E-state index is 0.354. The average Bonchev–Trinajstić information content (AvgIpc) is 2.59. The van der Waals surface area contributed by atoms with Crippen LogP contribution >= 0.6 is 11.8 Å². The van der Waals surface area contributed by atoms with E-state index in [1.54, 1.807) is 0 Å². The number of aromatic nitrogens is 3. The lowest BCUT2D eigenvalue weighted by Crippen LogP contribution is -2.01. The van der Waals surface area contributed by atoms with Crippen molar-refractivity contribution in [2.45, 2.75) is 11.9 Å². The number of nitrogens with two attached hydrogens (primary N) is 1. The second kappa shape index (κ2) is 3.44. The van der Waals surface area contributed by atoms with Gasteiger partial charge in [0.2, 0.25) is 0 Å². The van der Waals surface area contributed by atoms with Gasteiger partial charge in [0, 0.05) is 6.07 Å². The first kappa shape index (κ1) is 9.80. The highest BCUT2D eigenvalue weighted by Crippen LogP contribution is 2.32. The number of hydrogen-bond acceptors (Lipinski definition) is 4. The monoisotopic (exact) mass is 219 g/mol. The Hall–Kier alpha value is -1.74. The summed E-state index contributed by atoms with van der Waals surface area (Å²) in [5.41, 5.74) is 7.74. The maximum absolute atomic E-state index is 7.06. The number of nitrogens with zero attached hydrogens (tertiary/aromatic N) is 4. The van der Waals surface area contributed by atoms with Crippen molar-refractivity contribution in [2.24, 2.45) is 0 Å². The molecule has 0 aliphatic heterocycles. The van der Waals surface area contributed by atoms with Crippen molar-refractivity contribution in [1.29, 1.82) is 0 Å². The van der Waals surface area contributed by atoms with Gasteiger partial charge in [-0.3, -0.25) is 0 Å². The van der Waals surface area contributed by atoms with E-state index in [1.165, 1.54) is 16.3 Å². The minimum Gasteiger partial charge on any atom is -0.392 e. The number of fused-ring (bicyclic) bond motifs is 1. The molecule has 2 aromatic heterocycles. The van der Waals surface area contributed by atoms with E-state index in [9.17, 15) is 0 Å². The molecule has 0 unspecified atom stereocenters. The van der Waals surface area contributed by atoms with E-state index in [-0.39, 0.29) is 0 Å². The summed E-state index contributed by atoms with van der Waals surface area (Å²) in [4.78, 5) is 7.70. The number of nitrogen functional groups attached to an aromatic ring is 1. The van der Waals surface area contributed by atoms with E-state index in [0.717, 1.165) is 5.69 Å². The highest BCUT2D eigenvalue weighted by atomic mass is 32.2. The Bertz CT molecular complexity index is 566. The van der Waals surface area contributed by atoms with E-state index >= 15 is 0 Å². The summed E-state index contributed by atoms with van der Waals surface area (Å²) >= 11 is 1.41. The molecule has 0 aliphatic rings. The van der Waals surface area contributed by atoms with E-state index in [0.29, 0.717) is 22.2 Å². The molecule has 2 N–H and O–H groups in total. The standard InChI is InChI=1S/C9H9N5S/c1-5-4-6-12-9(15-3)7(11-2)8(10)14(6)13-5/h4H,10H2,1,3H3. The van der Waals surface area contributed by atoms with Crippen molar-refractivity contribution >= 4 is 28.9 Å². The van der Waals surface area contributed by atoms with Gasteiger partial charge >= 0.3 is 0 Å². The van der Waals surface area contributed by atoms with Crippen LogP contribution in [0.15, 0.2) is 11.1 Å². The maximum atomic E-state index is 7.06. The summed E-state index contributed by atoms with van der Waals surface area (Å²) in [7, 11) is 0. The molecule has 0 spiro atoms. The Morgan fingerprint density at radius 2 is 2.33 bits per heavy atom. The van der Waals surface area contributed by atoms with E-state index in [4.69, 9.17) is 12.3 Å². The van der Waals surface area contributed by atoms with Gasteiger partial charge in [0.05, 0.1) is 12.3 Å². The van der Waals surface area contributed by atoms with E-state index in [2.05, 4.69) is 14.9 Å². The quantitative estimate of drug-likeness (QED) is 0.452. The lowest BCUT2D eigenvalue weighted by atomic mass is 10.4. The Kier molecular flexibility index (Phi) is 2.25. The molecule has 0 radical (unpaired) electrons. The summed E-state index contributed by atoms with van der Waals surface area (Å²) in [6.45, 7) is 8.93. The summed E-state index contributed by atoms with van der Waals surface area (Å²) in [5, 5.41) is 4.82. The molecule has 2 aromatic rings. The third kappa shape index (κ3) is 1.41. The summed E-state index contributed by atoms with van der Waals surface area (Å²) in [6, 6.07) is 1.84. The van der Waals surface area contributed by atoms with Gasteiger partial charge in [-0.15, -0.1) is 11.8 Å². The van der Waals surface area contributed by atoms with Gasteiger partial charge in [0.1, 0.15) is 10.8 Å². The van der Waals surface area contributed by atoms with Crippen LogP contribution in [0.3, 0.4) is 0 Å². The topological polar surface area (TPSA) is 60.6 Å². The highest BCUT2D eigenvalue weighted by molar-refractivity contribution is 7.98. The molecule has 76 valence electrons. The number of hydrogen-bond donors (Lipinski definition) is 1. The predicted octanol–water partition coefficient (Wildman–Crippen LogP) is 1.89. The van der Waals surface area contributed by atoms with Gasteiger partial charge in [-0.2, -0.15) is 5.10 Å². The fourth-order valence-electron chi connectivity index (χ4n) is 1.36. The lowest BCUT2D eigenvalue weighted by molar-refractivity contribution is 0.916. The molecule has 2 heterocycles. The molecule has 6 heteroatoms. The van der Waals surface area contributed by atoms with Crippen molar-refractivity contribution in [2.75, 3.05) is 12.0 Å². The van der Waals surface area contributed by atoms with Crippen molar-refractivity contribution in [3.8, 4) is 0 Å². The number of thioether (sulfide) groups is 1. The van der Waals surface area contributed by atoms with Crippen molar-refractivity contribution in [3.05, 3.63) is 23.2 Å². The van der Waals surface area contributed by atoms with Crippen LogP contribution in [0.2, 0.25) is 0 Å². The van der Waals surface area contributed by atoms with Crippen LogP contribution in [-0.2, 0) is 0 Å². The first-order chi connectivity index (χ1) is 7.17. The molecule has 0 bridgehead atoms. The van der Waals surface area contributed by atoms with Crippen LogP contribution in [0.4, 0.5) is 11.5 Å². The number of aryl methyl sites for hydroxylation is 1. The second-order valence-electron chi connectivity index (χ2n) is 3.02. The lowest BCUT2D eigenvalue weighted by Gasteiger charge is -2.04. The number of rotatable bonds is 1. The maximum Gasteiger partial charge on any atom is 0.259 e. The first-order valence-electron chi connectivity index (χ1n) is 4.24. The Balaban J connectivity index is 2.88. The predicted molar refractivity (Wildman–Crippen MR) is 60.2 cm³/mol. The zero-order valence-electron chi connectivity index (χ0n) is 8.35. The van der Waals surface area contributed by atoms with Crippen LogP contribution in [0, 0.1) is 13.5 Å². The zero-order chi connectivity index (χ0) is 11.0. The van der Waals surface area contributed by atoms with Gasteiger partial charge < -0.3 is 5.73 Å². The normalized spacial score (nSPS) is 10.5. The van der Waals surface area contributed by atoms with Crippen LogP contribution in [0.5, 0.6) is 0 Å². The van der Waals surface area contributed by atoms with E-state index in [1.807, 2.05) is 19.2 Å². The molecule has 15 heavy (non-hydrogen) atoms.